The lowest BCUT2D eigenvalue weighted by Crippen LogP contribution is -2.72. The molecule has 5 nitrogen and oxygen atoms in total. The van der Waals surface area contributed by atoms with Crippen molar-refractivity contribution in [2.45, 2.75) is 30.6 Å². The molecular weight excluding hydrogens is 234 g/mol. The van der Waals surface area contributed by atoms with Gasteiger partial charge in [0.1, 0.15) is 6.10 Å². The summed E-state index contributed by atoms with van der Waals surface area (Å²) < 4.78 is 4.91. The fraction of sp³-hybridized carbons (Fsp3) is 0.385. The molecule has 3 rings (SSSR count). The van der Waals surface area contributed by atoms with Gasteiger partial charge in [0.05, 0.1) is 12.5 Å². The molecule has 1 amide bonds. The zero-order valence-corrected chi connectivity index (χ0v) is 9.63. The predicted molar refractivity (Wildman–Crippen MR) is 61.5 cm³/mol. The molecule has 1 aromatic rings. The van der Waals surface area contributed by atoms with Crippen LogP contribution in [0.1, 0.15) is 12.0 Å². The van der Waals surface area contributed by atoms with Gasteiger partial charge in [0, 0.05) is 6.42 Å². The predicted octanol–water partition coefficient (Wildman–Crippen LogP) is -0.226. The maximum atomic E-state index is 11.6. The van der Waals surface area contributed by atoms with Gasteiger partial charge in [-0.3, -0.25) is 4.79 Å². The van der Waals surface area contributed by atoms with Crippen molar-refractivity contribution in [3.05, 3.63) is 35.9 Å². The van der Waals surface area contributed by atoms with Crippen molar-refractivity contribution < 1.29 is 19.4 Å². The Balaban J connectivity index is 1.82. The number of esters is 1. The van der Waals surface area contributed by atoms with Crippen LogP contribution < -0.4 is 5.32 Å². The van der Waals surface area contributed by atoms with E-state index in [0.29, 0.717) is 6.42 Å². The summed E-state index contributed by atoms with van der Waals surface area (Å²) in [5.41, 5.74) is -0.314. The van der Waals surface area contributed by atoms with Crippen LogP contribution in [0.5, 0.6) is 0 Å². The van der Waals surface area contributed by atoms with Gasteiger partial charge in [-0.25, -0.2) is 4.79 Å². The number of carbonyl (C=O) groups is 2. The number of aliphatic hydroxyl groups excluding tert-OH is 1. The Morgan fingerprint density at radius 2 is 2.11 bits per heavy atom. The Kier molecular flexibility index (Phi) is 2.38. The van der Waals surface area contributed by atoms with Crippen molar-refractivity contribution in [2.24, 2.45) is 0 Å². The van der Waals surface area contributed by atoms with E-state index >= 15 is 0 Å². The average molecular weight is 247 g/mol. The summed E-state index contributed by atoms with van der Waals surface area (Å²) in [5.74, 6) is -0.792. The van der Waals surface area contributed by atoms with Crippen molar-refractivity contribution in [3.8, 4) is 0 Å². The van der Waals surface area contributed by atoms with Gasteiger partial charge in [-0.05, 0) is 5.56 Å². The first-order valence-electron chi connectivity index (χ1n) is 5.87. The third-order valence-electron chi connectivity index (χ3n) is 3.61. The van der Waals surface area contributed by atoms with E-state index in [1.54, 1.807) is 0 Å². The highest BCUT2D eigenvalue weighted by molar-refractivity contribution is 5.98. The Hall–Kier alpha value is -1.88. The Bertz CT molecular complexity index is 501. The van der Waals surface area contributed by atoms with Gasteiger partial charge >= 0.3 is 5.97 Å². The maximum absolute atomic E-state index is 11.6. The Labute approximate surface area is 104 Å². The SMILES string of the molecule is O=C1CC2OC(=O)C2(C(O)Cc2ccccc2)N1. The van der Waals surface area contributed by atoms with Crippen molar-refractivity contribution in [3.63, 3.8) is 0 Å². The van der Waals surface area contributed by atoms with E-state index in [2.05, 4.69) is 5.32 Å². The number of hydrogen-bond acceptors (Lipinski definition) is 4. The highest BCUT2D eigenvalue weighted by Crippen LogP contribution is 2.38. The number of benzene rings is 1. The summed E-state index contributed by atoms with van der Waals surface area (Å²) in [4.78, 5) is 23.0. The van der Waals surface area contributed by atoms with Crippen LogP contribution >= 0.6 is 0 Å². The second kappa shape index (κ2) is 3.81. The minimum Gasteiger partial charge on any atom is -0.457 e. The van der Waals surface area contributed by atoms with Crippen molar-refractivity contribution in [2.75, 3.05) is 0 Å². The van der Waals surface area contributed by atoms with Gasteiger partial charge in [0.25, 0.3) is 0 Å². The molecule has 2 fully saturated rings. The van der Waals surface area contributed by atoms with E-state index in [-0.39, 0.29) is 12.3 Å². The molecule has 2 aliphatic heterocycles. The Morgan fingerprint density at radius 3 is 2.72 bits per heavy atom. The monoisotopic (exact) mass is 247 g/mol. The smallest absolute Gasteiger partial charge is 0.338 e. The topological polar surface area (TPSA) is 75.6 Å². The first-order chi connectivity index (χ1) is 8.63. The summed E-state index contributed by atoms with van der Waals surface area (Å²) in [6.07, 6.45) is -1.04. The molecule has 3 atom stereocenters. The minimum atomic E-state index is -1.23. The second-order valence-corrected chi connectivity index (χ2v) is 4.72. The minimum absolute atomic E-state index is 0.136. The van der Waals surface area contributed by atoms with E-state index in [4.69, 9.17) is 4.74 Å². The molecule has 0 saturated carbocycles. The molecule has 0 bridgehead atoms. The normalized spacial score (nSPS) is 31.1. The lowest BCUT2D eigenvalue weighted by Gasteiger charge is -2.44. The van der Waals surface area contributed by atoms with Crippen LogP contribution in [0.2, 0.25) is 0 Å². The number of ether oxygens (including phenoxy) is 1. The number of rotatable bonds is 3. The molecule has 1 aromatic carbocycles. The number of carbonyl (C=O) groups excluding carboxylic acids is 2. The summed E-state index contributed by atoms with van der Waals surface area (Å²) >= 11 is 0. The summed E-state index contributed by atoms with van der Waals surface area (Å²) in [6, 6.07) is 9.35. The summed E-state index contributed by atoms with van der Waals surface area (Å²) in [5, 5.41) is 12.8. The number of fused-ring (bicyclic) bond motifs is 1. The first-order valence-corrected chi connectivity index (χ1v) is 5.87. The standard InChI is InChI=1S/C13H13NO4/c15-9(6-8-4-2-1-3-5-8)13-10(18-12(13)17)7-11(16)14-13/h1-5,9-10,15H,6-7H2,(H,14,16). The third-order valence-corrected chi connectivity index (χ3v) is 3.61. The van der Waals surface area contributed by atoms with Crippen LogP contribution in [0.3, 0.4) is 0 Å². The summed E-state index contributed by atoms with van der Waals surface area (Å²) in [6.45, 7) is 0. The van der Waals surface area contributed by atoms with Crippen LogP contribution in [-0.4, -0.2) is 34.7 Å². The molecule has 2 aliphatic rings. The largest absolute Gasteiger partial charge is 0.457 e. The molecule has 0 aromatic heterocycles. The van der Waals surface area contributed by atoms with Crippen molar-refractivity contribution >= 4 is 11.9 Å². The van der Waals surface area contributed by atoms with Gasteiger partial charge in [0.2, 0.25) is 11.4 Å². The summed E-state index contributed by atoms with van der Waals surface area (Å²) in [7, 11) is 0. The second-order valence-electron chi connectivity index (χ2n) is 4.72. The van der Waals surface area contributed by atoms with Gasteiger partial charge in [-0.15, -0.1) is 0 Å². The third kappa shape index (κ3) is 1.44. The molecule has 5 heteroatoms. The van der Waals surface area contributed by atoms with E-state index < -0.39 is 23.7 Å². The fourth-order valence-corrected chi connectivity index (χ4v) is 2.61. The van der Waals surface area contributed by atoms with Crippen LogP contribution in [0.25, 0.3) is 0 Å². The molecule has 94 valence electrons. The molecule has 0 radical (unpaired) electrons. The van der Waals surface area contributed by atoms with E-state index in [1.165, 1.54) is 0 Å². The highest BCUT2D eigenvalue weighted by Gasteiger charge is 2.67. The van der Waals surface area contributed by atoms with Crippen LogP contribution in [-0.2, 0) is 20.7 Å². The highest BCUT2D eigenvalue weighted by atomic mass is 16.6. The zero-order valence-electron chi connectivity index (χ0n) is 9.63. The van der Waals surface area contributed by atoms with Gasteiger partial charge in [-0.1, -0.05) is 30.3 Å². The molecule has 0 spiro atoms. The molecule has 2 N–H and O–H groups in total. The van der Waals surface area contributed by atoms with E-state index in [0.717, 1.165) is 5.56 Å². The van der Waals surface area contributed by atoms with Crippen molar-refractivity contribution in [1.82, 2.24) is 5.32 Å². The average Bonchev–Trinajstić information content (AvgIpc) is 2.63. The first kappa shape index (κ1) is 11.2. The molecule has 0 aliphatic carbocycles. The lowest BCUT2D eigenvalue weighted by atomic mass is 9.80. The molecule has 2 saturated heterocycles. The van der Waals surface area contributed by atoms with Gasteiger partial charge < -0.3 is 15.2 Å². The molecule has 18 heavy (non-hydrogen) atoms. The number of amides is 1. The van der Waals surface area contributed by atoms with Gasteiger partial charge in [0.15, 0.2) is 0 Å². The van der Waals surface area contributed by atoms with Crippen LogP contribution in [0, 0.1) is 0 Å². The fourth-order valence-electron chi connectivity index (χ4n) is 2.61. The maximum Gasteiger partial charge on any atom is 0.338 e. The quantitative estimate of drug-likeness (QED) is 0.724. The van der Waals surface area contributed by atoms with Crippen molar-refractivity contribution in [1.29, 1.82) is 0 Å². The van der Waals surface area contributed by atoms with Gasteiger partial charge in [-0.2, -0.15) is 0 Å². The molecular formula is C13H13NO4. The lowest BCUT2D eigenvalue weighted by molar-refractivity contribution is -0.199. The molecule has 3 unspecified atom stereocenters. The number of aliphatic hydroxyl groups is 1. The van der Waals surface area contributed by atoms with Crippen LogP contribution in [0.4, 0.5) is 0 Å². The number of hydrogen-bond donors (Lipinski definition) is 2. The Morgan fingerprint density at radius 1 is 1.39 bits per heavy atom. The van der Waals surface area contributed by atoms with Crippen LogP contribution in [0.15, 0.2) is 30.3 Å². The van der Waals surface area contributed by atoms with E-state index in [9.17, 15) is 14.7 Å². The number of nitrogens with one attached hydrogen (secondary N) is 1. The zero-order chi connectivity index (χ0) is 12.8. The molecule has 2 heterocycles. The van der Waals surface area contributed by atoms with E-state index in [1.807, 2.05) is 30.3 Å².